The first kappa shape index (κ1) is 14.0. The molecule has 0 spiro atoms. The number of aromatic nitrogens is 1. The van der Waals surface area contributed by atoms with Crippen molar-refractivity contribution in [2.24, 2.45) is 0 Å². The molecule has 1 heterocycles. The van der Waals surface area contributed by atoms with Crippen LogP contribution >= 0.6 is 15.9 Å². The van der Waals surface area contributed by atoms with E-state index in [0.29, 0.717) is 5.69 Å². The smallest absolute Gasteiger partial charge is 0.263 e. The van der Waals surface area contributed by atoms with Gasteiger partial charge in [-0.25, -0.2) is 12.8 Å². The summed E-state index contributed by atoms with van der Waals surface area (Å²) in [5.74, 6) is -0.699. The van der Waals surface area contributed by atoms with E-state index in [1.54, 1.807) is 18.2 Å². The number of benzene rings is 1. The second-order valence-electron chi connectivity index (χ2n) is 3.91. The van der Waals surface area contributed by atoms with E-state index in [4.69, 9.17) is 0 Å². The minimum absolute atomic E-state index is 0.215. The molecule has 0 saturated heterocycles. The van der Waals surface area contributed by atoms with Crippen molar-refractivity contribution in [2.75, 3.05) is 4.72 Å². The number of hydrogen-bond acceptors (Lipinski definition) is 3. The number of hydrogen-bond donors (Lipinski definition) is 1. The van der Waals surface area contributed by atoms with Crippen LogP contribution in [0.2, 0.25) is 0 Å². The molecular formula is C12H10BrFN2O2S. The van der Waals surface area contributed by atoms with E-state index in [9.17, 15) is 12.8 Å². The van der Waals surface area contributed by atoms with E-state index in [2.05, 4.69) is 25.6 Å². The maximum atomic E-state index is 13.0. The Kier molecular flexibility index (Phi) is 3.86. The minimum atomic E-state index is -3.83. The fraction of sp³-hybridized carbons (Fsp3) is 0.0833. The molecule has 0 unspecified atom stereocenters. The molecule has 2 aromatic rings. The summed E-state index contributed by atoms with van der Waals surface area (Å²) in [6.07, 6.45) is 2.04. The van der Waals surface area contributed by atoms with Crippen LogP contribution in [0.4, 0.5) is 10.1 Å². The zero-order valence-electron chi connectivity index (χ0n) is 9.89. The van der Waals surface area contributed by atoms with Crippen LogP contribution in [-0.4, -0.2) is 13.4 Å². The Morgan fingerprint density at radius 3 is 2.63 bits per heavy atom. The largest absolute Gasteiger partial charge is 0.280 e. The third-order valence-corrected chi connectivity index (χ3v) is 4.64. The van der Waals surface area contributed by atoms with Crippen LogP contribution in [0.1, 0.15) is 5.56 Å². The summed E-state index contributed by atoms with van der Waals surface area (Å²) in [6.45, 7) is 1.84. The maximum absolute atomic E-state index is 13.0. The molecule has 0 aliphatic carbocycles. The van der Waals surface area contributed by atoms with Gasteiger partial charge in [-0.3, -0.25) is 9.71 Å². The van der Waals surface area contributed by atoms with Crippen LogP contribution in [0.25, 0.3) is 0 Å². The fourth-order valence-electron chi connectivity index (χ4n) is 1.46. The Morgan fingerprint density at radius 1 is 1.26 bits per heavy atom. The van der Waals surface area contributed by atoms with Crippen molar-refractivity contribution in [1.29, 1.82) is 0 Å². The first-order valence-electron chi connectivity index (χ1n) is 5.28. The molecule has 0 atom stereocenters. The summed E-state index contributed by atoms with van der Waals surface area (Å²) in [7, 11) is -3.83. The zero-order chi connectivity index (χ0) is 14.0. The molecule has 1 aromatic heterocycles. The number of anilines is 1. The lowest BCUT2D eigenvalue weighted by atomic mass is 10.2. The maximum Gasteiger partial charge on any atom is 0.263 e. The third kappa shape index (κ3) is 3.30. The van der Waals surface area contributed by atoms with Crippen LogP contribution in [0, 0.1) is 12.7 Å². The van der Waals surface area contributed by atoms with Gasteiger partial charge in [0.2, 0.25) is 0 Å². The first-order chi connectivity index (χ1) is 8.88. The highest BCUT2D eigenvalue weighted by Gasteiger charge is 2.15. The molecule has 0 saturated carbocycles. The van der Waals surface area contributed by atoms with Gasteiger partial charge in [-0.15, -0.1) is 0 Å². The molecule has 0 fully saturated rings. The van der Waals surface area contributed by atoms with Gasteiger partial charge in [0.15, 0.2) is 0 Å². The summed E-state index contributed by atoms with van der Waals surface area (Å²) in [5.41, 5.74) is 1.29. The average Bonchev–Trinajstić information content (AvgIpc) is 2.33. The predicted octanol–water partition coefficient (Wildman–Crippen LogP) is 3.09. The van der Waals surface area contributed by atoms with Gasteiger partial charge in [0.1, 0.15) is 10.7 Å². The molecule has 19 heavy (non-hydrogen) atoms. The Bertz CT molecular complexity index is 719. The Morgan fingerprint density at radius 2 is 2.00 bits per heavy atom. The highest BCUT2D eigenvalue weighted by atomic mass is 79.9. The number of sulfonamides is 1. The van der Waals surface area contributed by atoms with Crippen molar-refractivity contribution in [2.45, 2.75) is 11.8 Å². The molecule has 2 rings (SSSR count). The van der Waals surface area contributed by atoms with E-state index < -0.39 is 15.8 Å². The average molecular weight is 345 g/mol. The number of halogens is 2. The second kappa shape index (κ2) is 5.26. The molecule has 4 nitrogen and oxygen atoms in total. The van der Waals surface area contributed by atoms with Gasteiger partial charge >= 0.3 is 0 Å². The molecule has 7 heteroatoms. The summed E-state index contributed by atoms with van der Waals surface area (Å²) in [5, 5.41) is 0. The van der Waals surface area contributed by atoms with Crippen molar-refractivity contribution >= 4 is 31.6 Å². The lowest BCUT2D eigenvalue weighted by molar-refractivity contribution is 0.592. The Labute approximate surface area is 118 Å². The second-order valence-corrected chi connectivity index (χ2v) is 6.45. The van der Waals surface area contributed by atoms with Gasteiger partial charge in [0.05, 0.1) is 6.20 Å². The van der Waals surface area contributed by atoms with E-state index in [-0.39, 0.29) is 4.90 Å². The molecule has 1 N–H and O–H groups in total. The minimum Gasteiger partial charge on any atom is -0.280 e. The first-order valence-corrected chi connectivity index (χ1v) is 7.55. The monoisotopic (exact) mass is 344 g/mol. The number of rotatable bonds is 3. The molecular weight excluding hydrogens is 335 g/mol. The standard InChI is InChI=1S/C12H10BrFN2O2S/c1-8-4-10(2-3-12(8)13)16-19(17,18)11-5-9(14)6-15-7-11/h2-7,16H,1H3. The normalized spacial score (nSPS) is 11.3. The SMILES string of the molecule is Cc1cc(NS(=O)(=O)c2cncc(F)c2)ccc1Br. The predicted molar refractivity (Wildman–Crippen MR) is 73.9 cm³/mol. The van der Waals surface area contributed by atoms with Crippen LogP contribution < -0.4 is 4.72 Å². The molecule has 0 aliphatic heterocycles. The quantitative estimate of drug-likeness (QED) is 0.930. The number of aryl methyl sites for hydroxylation is 1. The van der Waals surface area contributed by atoms with Crippen molar-refractivity contribution < 1.29 is 12.8 Å². The van der Waals surface area contributed by atoms with E-state index >= 15 is 0 Å². The van der Waals surface area contributed by atoms with E-state index in [1.165, 1.54) is 0 Å². The lowest BCUT2D eigenvalue weighted by Gasteiger charge is -2.09. The van der Waals surface area contributed by atoms with Gasteiger partial charge in [-0.2, -0.15) is 0 Å². The highest BCUT2D eigenvalue weighted by molar-refractivity contribution is 9.10. The number of pyridine rings is 1. The van der Waals surface area contributed by atoms with Gasteiger partial charge < -0.3 is 0 Å². The van der Waals surface area contributed by atoms with E-state index in [0.717, 1.165) is 28.5 Å². The van der Waals surface area contributed by atoms with E-state index in [1.807, 2.05) is 6.92 Å². The number of nitrogens with zero attached hydrogens (tertiary/aromatic N) is 1. The molecule has 100 valence electrons. The van der Waals surface area contributed by atoms with Gasteiger partial charge in [-0.1, -0.05) is 15.9 Å². The van der Waals surface area contributed by atoms with Crippen LogP contribution in [0.15, 0.2) is 46.0 Å². The summed E-state index contributed by atoms with van der Waals surface area (Å²) < 4.78 is 40.3. The van der Waals surface area contributed by atoms with Crippen LogP contribution in [-0.2, 0) is 10.0 Å². The van der Waals surface area contributed by atoms with Crippen molar-refractivity contribution in [1.82, 2.24) is 4.98 Å². The number of nitrogens with one attached hydrogen (secondary N) is 1. The van der Waals surface area contributed by atoms with Crippen LogP contribution in [0.5, 0.6) is 0 Å². The fourth-order valence-corrected chi connectivity index (χ4v) is 2.73. The topological polar surface area (TPSA) is 59.1 Å². The van der Waals surface area contributed by atoms with Crippen LogP contribution in [0.3, 0.4) is 0 Å². The molecule has 0 amide bonds. The van der Waals surface area contributed by atoms with Gasteiger partial charge in [0.25, 0.3) is 10.0 Å². The molecule has 1 aromatic carbocycles. The lowest BCUT2D eigenvalue weighted by Crippen LogP contribution is -2.13. The molecule has 0 radical (unpaired) electrons. The Hall–Kier alpha value is -1.47. The summed E-state index contributed by atoms with van der Waals surface area (Å²) >= 11 is 3.33. The van der Waals surface area contributed by atoms with Crippen molar-refractivity contribution in [3.63, 3.8) is 0 Å². The molecule has 0 bridgehead atoms. The summed E-state index contributed by atoms with van der Waals surface area (Å²) in [6, 6.07) is 5.94. The van der Waals surface area contributed by atoms with Gasteiger partial charge in [0, 0.05) is 16.4 Å². The third-order valence-electron chi connectivity index (χ3n) is 2.40. The van der Waals surface area contributed by atoms with Crippen molar-refractivity contribution in [3.8, 4) is 0 Å². The zero-order valence-corrected chi connectivity index (χ0v) is 12.3. The Balaban J connectivity index is 2.33. The highest BCUT2D eigenvalue weighted by Crippen LogP contribution is 2.22. The summed E-state index contributed by atoms with van der Waals surface area (Å²) in [4.78, 5) is 3.31. The molecule has 0 aliphatic rings. The van der Waals surface area contributed by atoms with Crippen molar-refractivity contribution in [3.05, 3.63) is 52.5 Å². The van der Waals surface area contributed by atoms with Gasteiger partial charge in [-0.05, 0) is 36.8 Å².